The van der Waals surface area contributed by atoms with Gasteiger partial charge in [-0.15, -0.1) is 0 Å². The van der Waals surface area contributed by atoms with E-state index in [1.54, 1.807) is 0 Å². The van der Waals surface area contributed by atoms with Gasteiger partial charge in [0.05, 0.1) is 24.5 Å². The number of aliphatic hydroxyl groups excluding tert-OH is 1. The number of hydrogen-bond donors (Lipinski definition) is 1. The van der Waals surface area contributed by atoms with Crippen LogP contribution in [0.15, 0.2) is 24.3 Å². The minimum Gasteiger partial charge on any atom is -0.395 e. The molecule has 3 atom stereocenters. The summed E-state index contributed by atoms with van der Waals surface area (Å²) >= 11 is 0. The van der Waals surface area contributed by atoms with Gasteiger partial charge in [-0.2, -0.15) is 0 Å². The van der Waals surface area contributed by atoms with Gasteiger partial charge in [0.1, 0.15) is 0 Å². The normalized spacial score (nSPS) is 24.4. The van der Waals surface area contributed by atoms with Crippen molar-refractivity contribution in [2.45, 2.75) is 25.8 Å². The number of piperidine rings is 1. The molecule has 2 fully saturated rings. The monoisotopic (exact) mass is 283 g/mol. The van der Waals surface area contributed by atoms with Gasteiger partial charge in [-0.25, -0.2) is 0 Å². The number of hydrogen-bond acceptors (Lipinski definition) is 3. The SMILES string of the molecule is CC(c1cccc(C#CCCO)c1)N1C(=O)C2CC2C1=O. The molecule has 1 saturated carbocycles. The number of benzene rings is 1. The fourth-order valence-corrected chi connectivity index (χ4v) is 2.83. The van der Waals surface area contributed by atoms with Crippen molar-refractivity contribution in [1.82, 2.24) is 4.90 Å². The van der Waals surface area contributed by atoms with Crippen LogP contribution in [0, 0.1) is 23.7 Å². The highest BCUT2D eigenvalue weighted by atomic mass is 16.3. The maximum absolute atomic E-state index is 12.1. The van der Waals surface area contributed by atoms with Crippen molar-refractivity contribution < 1.29 is 14.7 Å². The third-order valence-corrected chi connectivity index (χ3v) is 4.13. The Morgan fingerprint density at radius 3 is 2.71 bits per heavy atom. The first-order valence-electron chi connectivity index (χ1n) is 7.20. The van der Waals surface area contributed by atoms with Crippen LogP contribution >= 0.6 is 0 Å². The molecule has 2 aliphatic rings. The maximum Gasteiger partial charge on any atom is 0.233 e. The molecule has 1 N–H and O–H groups in total. The molecule has 3 unspecified atom stereocenters. The number of carbonyl (C=O) groups is 2. The van der Waals surface area contributed by atoms with Gasteiger partial charge in [-0.05, 0) is 31.0 Å². The van der Waals surface area contributed by atoms with Gasteiger partial charge in [0.25, 0.3) is 0 Å². The molecule has 0 bridgehead atoms. The van der Waals surface area contributed by atoms with Crippen molar-refractivity contribution in [2.24, 2.45) is 11.8 Å². The van der Waals surface area contributed by atoms with Gasteiger partial charge in [-0.1, -0.05) is 24.0 Å². The summed E-state index contributed by atoms with van der Waals surface area (Å²) in [5.41, 5.74) is 1.74. The van der Waals surface area contributed by atoms with Crippen LogP contribution in [-0.4, -0.2) is 28.4 Å². The zero-order valence-electron chi connectivity index (χ0n) is 11.9. The van der Waals surface area contributed by atoms with E-state index in [2.05, 4.69) is 11.8 Å². The summed E-state index contributed by atoms with van der Waals surface area (Å²) in [7, 11) is 0. The van der Waals surface area contributed by atoms with E-state index in [0.717, 1.165) is 17.5 Å². The van der Waals surface area contributed by atoms with E-state index in [0.29, 0.717) is 6.42 Å². The lowest BCUT2D eigenvalue weighted by molar-refractivity contribution is -0.143. The van der Waals surface area contributed by atoms with Crippen LogP contribution < -0.4 is 0 Å². The van der Waals surface area contributed by atoms with Crippen molar-refractivity contribution in [3.05, 3.63) is 35.4 Å². The number of aliphatic hydroxyl groups is 1. The van der Waals surface area contributed by atoms with E-state index in [9.17, 15) is 9.59 Å². The lowest BCUT2D eigenvalue weighted by Gasteiger charge is -2.24. The van der Waals surface area contributed by atoms with Crippen LogP contribution in [0.3, 0.4) is 0 Å². The Morgan fingerprint density at radius 1 is 1.33 bits per heavy atom. The predicted octanol–water partition coefficient (Wildman–Crippen LogP) is 1.49. The smallest absolute Gasteiger partial charge is 0.233 e. The van der Waals surface area contributed by atoms with E-state index in [-0.39, 0.29) is 36.3 Å². The molecule has 1 aromatic rings. The van der Waals surface area contributed by atoms with Crippen LogP contribution in [0.1, 0.15) is 36.9 Å². The third kappa shape index (κ3) is 2.45. The molecule has 4 heteroatoms. The van der Waals surface area contributed by atoms with Gasteiger partial charge in [0, 0.05) is 12.0 Å². The molecule has 1 saturated heterocycles. The van der Waals surface area contributed by atoms with Crippen molar-refractivity contribution in [3.63, 3.8) is 0 Å². The molecule has 0 spiro atoms. The highest BCUT2D eigenvalue weighted by Crippen LogP contribution is 2.49. The van der Waals surface area contributed by atoms with Crippen molar-refractivity contribution in [3.8, 4) is 11.8 Å². The first-order chi connectivity index (χ1) is 10.1. The molecule has 108 valence electrons. The Labute approximate surface area is 123 Å². The minimum absolute atomic E-state index is 0.0331. The number of imide groups is 1. The van der Waals surface area contributed by atoms with Gasteiger partial charge < -0.3 is 5.11 Å². The third-order valence-electron chi connectivity index (χ3n) is 4.13. The second-order valence-corrected chi connectivity index (χ2v) is 5.57. The molecule has 2 amide bonds. The molecule has 1 heterocycles. The van der Waals surface area contributed by atoms with E-state index in [4.69, 9.17) is 5.11 Å². The molecule has 1 aliphatic heterocycles. The molecular formula is C17H17NO3. The Balaban J connectivity index is 1.81. The number of fused-ring (bicyclic) bond motifs is 1. The first kappa shape index (κ1) is 13.8. The summed E-state index contributed by atoms with van der Waals surface area (Å²) < 4.78 is 0. The van der Waals surface area contributed by atoms with Crippen LogP contribution in [-0.2, 0) is 9.59 Å². The minimum atomic E-state index is -0.252. The number of likely N-dealkylation sites (tertiary alicyclic amines) is 1. The average molecular weight is 283 g/mol. The van der Waals surface area contributed by atoms with Gasteiger partial charge in [-0.3, -0.25) is 14.5 Å². The maximum atomic E-state index is 12.1. The van der Waals surface area contributed by atoms with E-state index in [1.165, 1.54) is 4.90 Å². The quantitative estimate of drug-likeness (QED) is 0.675. The van der Waals surface area contributed by atoms with Crippen molar-refractivity contribution in [2.75, 3.05) is 6.61 Å². The van der Waals surface area contributed by atoms with Crippen molar-refractivity contribution in [1.29, 1.82) is 0 Å². The Morgan fingerprint density at radius 2 is 2.05 bits per heavy atom. The fourth-order valence-electron chi connectivity index (χ4n) is 2.83. The van der Waals surface area contributed by atoms with E-state index >= 15 is 0 Å². The standard InChI is InChI=1S/C17H17NO3/c1-11(18-16(20)14-10-15(14)17(18)21)13-7-4-6-12(9-13)5-2-3-8-19/h4,6-7,9,11,14-15,19H,3,8,10H2,1H3. The molecule has 4 nitrogen and oxygen atoms in total. The summed E-state index contributed by atoms with van der Waals surface area (Å²) in [5, 5.41) is 8.73. The highest BCUT2D eigenvalue weighted by Gasteiger charge is 2.59. The summed E-state index contributed by atoms with van der Waals surface area (Å²) in [6.45, 7) is 1.92. The zero-order chi connectivity index (χ0) is 15.0. The molecule has 21 heavy (non-hydrogen) atoms. The van der Waals surface area contributed by atoms with Crippen molar-refractivity contribution >= 4 is 11.8 Å². The topological polar surface area (TPSA) is 57.6 Å². The Kier molecular flexibility index (Phi) is 3.52. The van der Waals surface area contributed by atoms with Crippen LogP contribution in [0.4, 0.5) is 0 Å². The van der Waals surface area contributed by atoms with Gasteiger partial charge in [0.15, 0.2) is 0 Å². The summed E-state index contributed by atoms with van der Waals surface area (Å²) in [6, 6.07) is 7.32. The Bertz CT molecular complexity index is 635. The summed E-state index contributed by atoms with van der Waals surface area (Å²) in [4.78, 5) is 25.6. The highest BCUT2D eigenvalue weighted by molar-refractivity contribution is 6.09. The molecule has 0 radical (unpaired) electrons. The Hall–Kier alpha value is -2.12. The molecule has 1 aromatic carbocycles. The molecule has 1 aliphatic carbocycles. The number of nitrogens with zero attached hydrogens (tertiary/aromatic N) is 1. The first-order valence-corrected chi connectivity index (χ1v) is 7.20. The zero-order valence-corrected chi connectivity index (χ0v) is 11.9. The summed E-state index contributed by atoms with van der Waals surface area (Å²) in [5.74, 6) is 5.65. The van der Waals surface area contributed by atoms with E-state index < -0.39 is 0 Å². The summed E-state index contributed by atoms with van der Waals surface area (Å²) in [6.07, 6.45) is 1.17. The fraction of sp³-hybridized carbons (Fsp3) is 0.412. The predicted molar refractivity (Wildman–Crippen MR) is 76.9 cm³/mol. The second kappa shape index (κ2) is 5.34. The average Bonchev–Trinajstić information content (AvgIpc) is 3.24. The second-order valence-electron chi connectivity index (χ2n) is 5.57. The molecular weight excluding hydrogens is 266 g/mol. The lowest BCUT2D eigenvalue weighted by atomic mass is 10.0. The van der Waals surface area contributed by atoms with Crippen LogP contribution in [0.25, 0.3) is 0 Å². The van der Waals surface area contributed by atoms with Gasteiger partial charge >= 0.3 is 0 Å². The lowest BCUT2D eigenvalue weighted by Crippen LogP contribution is -2.35. The number of amides is 2. The van der Waals surface area contributed by atoms with Crippen LogP contribution in [0.5, 0.6) is 0 Å². The van der Waals surface area contributed by atoms with Gasteiger partial charge in [0.2, 0.25) is 11.8 Å². The largest absolute Gasteiger partial charge is 0.395 e. The molecule has 0 aromatic heterocycles. The van der Waals surface area contributed by atoms with E-state index in [1.807, 2.05) is 31.2 Å². The number of rotatable bonds is 3. The molecule has 3 rings (SSSR count). The van der Waals surface area contributed by atoms with Crippen LogP contribution in [0.2, 0.25) is 0 Å². The number of carbonyl (C=O) groups excluding carboxylic acids is 2.